The van der Waals surface area contributed by atoms with Gasteiger partial charge in [0, 0.05) is 35.5 Å². The quantitative estimate of drug-likeness (QED) is 0.418. The van der Waals surface area contributed by atoms with E-state index in [-0.39, 0.29) is 0 Å². The fourth-order valence-electron chi connectivity index (χ4n) is 4.18. The Morgan fingerprint density at radius 2 is 1.62 bits per heavy atom. The molecular formula is C25H32ClN3. The number of hydrogen-bond acceptors (Lipinski definition) is 3. The van der Waals surface area contributed by atoms with Crippen molar-refractivity contribution in [2.75, 3.05) is 18.0 Å². The maximum Gasteiger partial charge on any atom is 0.140 e. The molecular weight excluding hydrogens is 378 g/mol. The number of halogens is 1. The van der Waals surface area contributed by atoms with Crippen LogP contribution in [0.5, 0.6) is 0 Å². The molecule has 0 bridgehead atoms. The van der Waals surface area contributed by atoms with E-state index in [1.807, 2.05) is 6.07 Å². The summed E-state index contributed by atoms with van der Waals surface area (Å²) in [6.07, 6.45) is 3.11. The molecule has 0 fully saturated rings. The van der Waals surface area contributed by atoms with Crippen molar-refractivity contribution in [1.82, 2.24) is 9.97 Å². The van der Waals surface area contributed by atoms with Gasteiger partial charge in [0.2, 0.25) is 0 Å². The summed E-state index contributed by atoms with van der Waals surface area (Å²) in [5.74, 6) is 1.89. The minimum absolute atomic E-state index is 0.729. The number of rotatable bonds is 7. The average molecular weight is 410 g/mol. The standard InChI is InChI=1S/C25H32ClN3/c1-7-10-11-29(9-3)25-21-15-19(26)14-20(24(21)27-22(8-2)28-25)23-17(5)12-16(4)13-18(23)6/h12-15H,7-11H2,1-6H3. The van der Waals surface area contributed by atoms with Crippen LogP contribution in [0, 0.1) is 20.8 Å². The van der Waals surface area contributed by atoms with E-state index in [9.17, 15) is 0 Å². The number of unbranched alkanes of at least 4 members (excludes halogenated alkanes) is 1. The molecule has 154 valence electrons. The van der Waals surface area contributed by atoms with Crippen LogP contribution in [0.3, 0.4) is 0 Å². The molecule has 0 aliphatic heterocycles. The van der Waals surface area contributed by atoms with E-state index < -0.39 is 0 Å². The van der Waals surface area contributed by atoms with Crippen molar-refractivity contribution in [2.45, 2.75) is 60.8 Å². The molecule has 0 radical (unpaired) electrons. The van der Waals surface area contributed by atoms with Crippen LogP contribution in [-0.4, -0.2) is 23.1 Å². The van der Waals surface area contributed by atoms with Crippen molar-refractivity contribution in [3.63, 3.8) is 0 Å². The molecule has 1 heterocycles. The third-order valence-electron chi connectivity index (χ3n) is 5.52. The van der Waals surface area contributed by atoms with Gasteiger partial charge >= 0.3 is 0 Å². The Morgan fingerprint density at radius 3 is 2.21 bits per heavy atom. The highest BCUT2D eigenvalue weighted by Crippen LogP contribution is 2.38. The molecule has 3 rings (SSSR count). The lowest BCUT2D eigenvalue weighted by Crippen LogP contribution is -2.25. The molecule has 0 amide bonds. The largest absolute Gasteiger partial charge is 0.356 e. The molecule has 29 heavy (non-hydrogen) atoms. The Labute approximate surface area is 180 Å². The number of aromatic nitrogens is 2. The van der Waals surface area contributed by atoms with Crippen molar-refractivity contribution in [3.8, 4) is 11.1 Å². The van der Waals surface area contributed by atoms with Crippen LogP contribution in [0.25, 0.3) is 22.0 Å². The van der Waals surface area contributed by atoms with Crippen molar-refractivity contribution >= 4 is 28.3 Å². The molecule has 0 saturated heterocycles. The van der Waals surface area contributed by atoms with Gasteiger partial charge in [0.05, 0.1) is 5.52 Å². The molecule has 3 aromatic rings. The first-order valence-corrected chi connectivity index (χ1v) is 11.1. The van der Waals surface area contributed by atoms with Crippen LogP contribution >= 0.6 is 11.6 Å². The lowest BCUT2D eigenvalue weighted by molar-refractivity contribution is 0.722. The van der Waals surface area contributed by atoms with Gasteiger partial charge in [-0.1, -0.05) is 49.6 Å². The first kappa shape index (κ1) is 21.6. The van der Waals surface area contributed by atoms with Crippen LogP contribution < -0.4 is 4.90 Å². The highest BCUT2D eigenvalue weighted by molar-refractivity contribution is 6.32. The van der Waals surface area contributed by atoms with Gasteiger partial charge in [-0.15, -0.1) is 0 Å². The summed E-state index contributed by atoms with van der Waals surface area (Å²) in [5, 5.41) is 1.77. The molecule has 4 heteroatoms. The SMILES string of the molecule is CCCCN(CC)c1nc(CC)nc2c(-c3c(C)cc(C)cc3C)cc(Cl)cc12. The average Bonchev–Trinajstić information content (AvgIpc) is 2.67. The van der Waals surface area contributed by atoms with Crippen molar-refractivity contribution in [3.05, 3.63) is 51.8 Å². The zero-order valence-electron chi connectivity index (χ0n) is 18.6. The van der Waals surface area contributed by atoms with E-state index in [0.717, 1.165) is 65.5 Å². The van der Waals surface area contributed by atoms with Gasteiger partial charge in [-0.25, -0.2) is 9.97 Å². The van der Waals surface area contributed by atoms with Crippen molar-refractivity contribution < 1.29 is 0 Å². The van der Waals surface area contributed by atoms with Crippen LogP contribution in [0.15, 0.2) is 24.3 Å². The minimum atomic E-state index is 0.729. The minimum Gasteiger partial charge on any atom is -0.356 e. The molecule has 0 N–H and O–H groups in total. The Kier molecular flexibility index (Phi) is 6.79. The zero-order valence-corrected chi connectivity index (χ0v) is 19.3. The van der Waals surface area contributed by atoms with E-state index in [4.69, 9.17) is 21.6 Å². The molecule has 3 nitrogen and oxygen atoms in total. The summed E-state index contributed by atoms with van der Waals surface area (Å²) in [5.41, 5.74) is 7.11. The first-order chi connectivity index (χ1) is 13.9. The second kappa shape index (κ2) is 9.13. The smallest absolute Gasteiger partial charge is 0.140 e. The van der Waals surface area contributed by atoms with Crippen molar-refractivity contribution in [1.29, 1.82) is 0 Å². The number of hydrogen-bond donors (Lipinski definition) is 0. The maximum atomic E-state index is 6.63. The van der Waals surface area contributed by atoms with E-state index in [0.29, 0.717) is 0 Å². The third-order valence-corrected chi connectivity index (χ3v) is 5.74. The fourth-order valence-corrected chi connectivity index (χ4v) is 4.40. The highest BCUT2D eigenvalue weighted by atomic mass is 35.5. The number of nitrogens with zero attached hydrogens (tertiary/aromatic N) is 3. The molecule has 0 aliphatic carbocycles. The summed E-state index contributed by atoms with van der Waals surface area (Å²) < 4.78 is 0. The molecule has 0 spiro atoms. The predicted octanol–water partition coefficient (Wildman–Crippen LogP) is 7.06. The van der Waals surface area contributed by atoms with Gasteiger partial charge in [0.1, 0.15) is 11.6 Å². The normalized spacial score (nSPS) is 11.3. The van der Waals surface area contributed by atoms with Crippen LogP contribution in [0.1, 0.15) is 56.1 Å². The van der Waals surface area contributed by atoms with Gasteiger partial charge in [-0.3, -0.25) is 0 Å². The summed E-state index contributed by atoms with van der Waals surface area (Å²) in [6, 6.07) is 8.56. The van der Waals surface area contributed by atoms with Gasteiger partial charge in [-0.05, 0) is 62.9 Å². The second-order valence-corrected chi connectivity index (χ2v) is 8.31. The Bertz CT molecular complexity index is 1000. The second-order valence-electron chi connectivity index (χ2n) is 7.87. The fraction of sp³-hybridized carbons (Fsp3) is 0.440. The Hall–Kier alpha value is -2.13. The van der Waals surface area contributed by atoms with Crippen molar-refractivity contribution in [2.24, 2.45) is 0 Å². The van der Waals surface area contributed by atoms with Crippen LogP contribution in [-0.2, 0) is 6.42 Å². The Balaban J connectivity index is 2.35. The Morgan fingerprint density at radius 1 is 0.931 bits per heavy atom. The van der Waals surface area contributed by atoms with E-state index in [2.05, 4.69) is 64.6 Å². The van der Waals surface area contributed by atoms with Gasteiger partial charge < -0.3 is 4.90 Å². The maximum absolute atomic E-state index is 6.63. The van der Waals surface area contributed by atoms with Gasteiger partial charge in [-0.2, -0.15) is 0 Å². The van der Waals surface area contributed by atoms with E-state index in [1.54, 1.807) is 0 Å². The lowest BCUT2D eigenvalue weighted by Gasteiger charge is -2.25. The predicted molar refractivity (Wildman–Crippen MR) is 126 cm³/mol. The molecule has 0 saturated carbocycles. The van der Waals surface area contributed by atoms with Gasteiger partial charge in [0.25, 0.3) is 0 Å². The van der Waals surface area contributed by atoms with Crippen LogP contribution in [0.4, 0.5) is 5.82 Å². The molecule has 0 aliphatic rings. The number of aryl methyl sites for hydroxylation is 4. The summed E-state index contributed by atoms with van der Waals surface area (Å²) in [6.45, 7) is 14.9. The number of anilines is 1. The van der Waals surface area contributed by atoms with E-state index >= 15 is 0 Å². The first-order valence-electron chi connectivity index (χ1n) is 10.7. The topological polar surface area (TPSA) is 29.0 Å². The summed E-state index contributed by atoms with van der Waals surface area (Å²) in [7, 11) is 0. The molecule has 2 aromatic carbocycles. The summed E-state index contributed by atoms with van der Waals surface area (Å²) in [4.78, 5) is 12.3. The monoisotopic (exact) mass is 409 g/mol. The van der Waals surface area contributed by atoms with Crippen LogP contribution in [0.2, 0.25) is 5.02 Å². The molecule has 0 unspecified atom stereocenters. The molecule has 0 atom stereocenters. The van der Waals surface area contributed by atoms with E-state index in [1.165, 1.54) is 22.3 Å². The summed E-state index contributed by atoms with van der Waals surface area (Å²) >= 11 is 6.63. The lowest BCUT2D eigenvalue weighted by atomic mass is 9.92. The van der Waals surface area contributed by atoms with Gasteiger partial charge in [0.15, 0.2) is 0 Å². The third kappa shape index (κ3) is 4.40. The number of benzene rings is 2. The zero-order chi connectivity index (χ0) is 21.1. The number of fused-ring (bicyclic) bond motifs is 1. The molecule has 1 aromatic heterocycles. The highest BCUT2D eigenvalue weighted by Gasteiger charge is 2.19.